The number of benzene rings is 1. The van der Waals surface area contributed by atoms with Crippen molar-refractivity contribution in [2.24, 2.45) is 5.41 Å². The van der Waals surface area contributed by atoms with Gasteiger partial charge in [0.25, 0.3) is 0 Å². The molecule has 1 rings (SSSR count). The van der Waals surface area contributed by atoms with Gasteiger partial charge >= 0.3 is 5.97 Å². The van der Waals surface area contributed by atoms with Crippen LogP contribution in [0, 0.1) is 11.2 Å². The highest BCUT2D eigenvalue weighted by Crippen LogP contribution is 2.26. The van der Waals surface area contributed by atoms with Gasteiger partial charge in [0.2, 0.25) is 0 Å². The van der Waals surface area contributed by atoms with E-state index in [1.807, 2.05) is 0 Å². The monoisotopic (exact) mass is 302 g/mol. The van der Waals surface area contributed by atoms with E-state index in [-0.39, 0.29) is 24.0 Å². The van der Waals surface area contributed by atoms with Crippen LogP contribution in [0.2, 0.25) is 5.02 Å². The normalized spacial score (nSPS) is 11.1. The van der Waals surface area contributed by atoms with E-state index in [9.17, 15) is 14.0 Å². The molecule has 0 aliphatic heterocycles. The Hall–Kier alpha value is -1.62. The molecule has 1 aromatic carbocycles. The number of rotatable bonds is 6. The molecule has 0 bridgehead atoms. The average molecular weight is 303 g/mol. The number of Topliss-reactive ketones (excluding diaryl/α,β-unsaturated/α-hetero) is 1. The number of carbonyl (C=O) groups excluding carboxylic acids is 2. The minimum atomic E-state index is -1.30. The molecular weight excluding hydrogens is 287 g/mol. The van der Waals surface area contributed by atoms with Crippen molar-refractivity contribution in [3.8, 4) is 5.75 Å². The average Bonchev–Trinajstić information content (AvgIpc) is 2.37. The summed E-state index contributed by atoms with van der Waals surface area (Å²) in [5.41, 5.74) is -1.30. The van der Waals surface area contributed by atoms with Gasteiger partial charge in [0.1, 0.15) is 23.6 Å². The van der Waals surface area contributed by atoms with Crippen molar-refractivity contribution in [2.75, 3.05) is 13.2 Å². The van der Waals surface area contributed by atoms with Gasteiger partial charge in [-0.2, -0.15) is 0 Å². The van der Waals surface area contributed by atoms with Crippen LogP contribution in [0.5, 0.6) is 5.75 Å². The van der Waals surface area contributed by atoms with E-state index in [0.29, 0.717) is 0 Å². The summed E-state index contributed by atoms with van der Waals surface area (Å²) in [6.45, 7) is 4.43. The first-order chi connectivity index (χ1) is 9.28. The molecule has 0 fully saturated rings. The van der Waals surface area contributed by atoms with Crippen LogP contribution in [0.3, 0.4) is 0 Å². The number of hydrogen-bond donors (Lipinski definition) is 0. The number of halogens is 2. The Balaban J connectivity index is 2.69. The van der Waals surface area contributed by atoms with Crippen molar-refractivity contribution < 1.29 is 23.5 Å². The van der Waals surface area contributed by atoms with Gasteiger partial charge < -0.3 is 9.47 Å². The topological polar surface area (TPSA) is 52.6 Å². The Morgan fingerprint density at radius 3 is 2.55 bits per heavy atom. The molecule has 0 aliphatic rings. The van der Waals surface area contributed by atoms with Gasteiger partial charge in [-0.15, -0.1) is 0 Å². The standard InChI is InChI=1S/C14H16ClFO4/c1-4-19-13(18)14(2,3)12(17)8-20-11-6-5-9(16)7-10(11)15/h5-7H,4,8H2,1-3H3. The van der Waals surface area contributed by atoms with E-state index >= 15 is 0 Å². The number of hydrogen-bond acceptors (Lipinski definition) is 4. The second-order valence-electron chi connectivity index (χ2n) is 4.63. The highest BCUT2D eigenvalue weighted by atomic mass is 35.5. The zero-order valence-corrected chi connectivity index (χ0v) is 12.3. The second kappa shape index (κ2) is 6.70. The summed E-state index contributed by atoms with van der Waals surface area (Å²) in [7, 11) is 0. The molecular formula is C14H16ClFO4. The molecule has 1 aromatic rings. The molecule has 0 spiro atoms. The van der Waals surface area contributed by atoms with Gasteiger partial charge in [0.05, 0.1) is 11.6 Å². The van der Waals surface area contributed by atoms with Crippen LogP contribution in [-0.4, -0.2) is 25.0 Å². The Morgan fingerprint density at radius 2 is 2.00 bits per heavy atom. The van der Waals surface area contributed by atoms with Gasteiger partial charge in [-0.1, -0.05) is 11.6 Å². The summed E-state index contributed by atoms with van der Waals surface area (Å²) in [6.07, 6.45) is 0. The number of ether oxygens (including phenoxy) is 2. The lowest BCUT2D eigenvalue weighted by atomic mass is 9.88. The van der Waals surface area contributed by atoms with Crippen molar-refractivity contribution in [3.63, 3.8) is 0 Å². The van der Waals surface area contributed by atoms with Crippen LogP contribution >= 0.6 is 11.6 Å². The molecule has 0 saturated carbocycles. The van der Waals surface area contributed by atoms with Gasteiger partial charge in [0, 0.05) is 0 Å². The lowest BCUT2D eigenvalue weighted by molar-refractivity contribution is -0.158. The number of carbonyl (C=O) groups is 2. The Bertz CT molecular complexity index is 514. The fourth-order valence-electron chi connectivity index (χ4n) is 1.34. The fraction of sp³-hybridized carbons (Fsp3) is 0.429. The highest BCUT2D eigenvalue weighted by molar-refractivity contribution is 6.32. The first-order valence-corrected chi connectivity index (χ1v) is 6.45. The van der Waals surface area contributed by atoms with Crippen molar-refractivity contribution in [1.82, 2.24) is 0 Å². The lowest BCUT2D eigenvalue weighted by Crippen LogP contribution is -2.38. The molecule has 20 heavy (non-hydrogen) atoms. The third-order valence-electron chi connectivity index (χ3n) is 2.74. The smallest absolute Gasteiger partial charge is 0.319 e. The van der Waals surface area contributed by atoms with Gasteiger partial charge in [-0.25, -0.2) is 4.39 Å². The van der Waals surface area contributed by atoms with Crippen molar-refractivity contribution in [1.29, 1.82) is 0 Å². The van der Waals surface area contributed by atoms with E-state index in [1.54, 1.807) is 6.92 Å². The molecule has 6 heteroatoms. The summed E-state index contributed by atoms with van der Waals surface area (Å²) < 4.78 is 22.9. The number of ketones is 1. The van der Waals surface area contributed by atoms with Crippen molar-refractivity contribution in [2.45, 2.75) is 20.8 Å². The summed E-state index contributed by atoms with van der Waals surface area (Å²) >= 11 is 5.77. The molecule has 0 N–H and O–H groups in total. The molecule has 110 valence electrons. The first kappa shape index (κ1) is 16.4. The molecule has 0 radical (unpaired) electrons. The third-order valence-corrected chi connectivity index (χ3v) is 3.03. The minimum absolute atomic E-state index is 0.0618. The maximum absolute atomic E-state index is 12.9. The molecule has 0 atom stereocenters. The molecule has 0 aromatic heterocycles. The van der Waals surface area contributed by atoms with Crippen LogP contribution in [0.1, 0.15) is 20.8 Å². The van der Waals surface area contributed by atoms with E-state index < -0.39 is 23.0 Å². The van der Waals surface area contributed by atoms with Crippen LogP contribution in [0.4, 0.5) is 4.39 Å². The summed E-state index contributed by atoms with van der Waals surface area (Å²) in [6, 6.07) is 3.57. The van der Waals surface area contributed by atoms with Gasteiger partial charge in [0.15, 0.2) is 5.78 Å². The van der Waals surface area contributed by atoms with E-state index in [1.165, 1.54) is 26.0 Å². The Morgan fingerprint density at radius 1 is 1.35 bits per heavy atom. The molecule has 0 aliphatic carbocycles. The maximum atomic E-state index is 12.9. The predicted octanol–water partition coefficient (Wildman–Crippen LogP) is 3.02. The SMILES string of the molecule is CCOC(=O)C(C)(C)C(=O)COc1ccc(F)cc1Cl. The Kier molecular flexibility index (Phi) is 5.51. The molecule has 0 heterocycles. The largest absolute Gasteiger partial charge is 0.484 e. The first-order valence-electron chi connectivity index (χ1n) is 6.07. The second-order valence-corrected chi connectivity index (χ2v) is 5.04. The molecule has 0 amide bonds. The van der Waals surface area contributed by atoms with Crippen LogP contribution < -0.4 is 4.74 Å². The molecule has 0 saturated heterocycles. The third kappa shape index (κ3) is 3.93. The molecule has 0 unspecified atom stereocenters. The van der Waals surface area contributed by atoms with Gasteiger partial charge in [-0.3, -0.25) is 9.59 Å². The fourth-order valence-corrected chi connectivity index (χ4v) is 1.56. The highest BCUT2D eigenvalue weighted by Gasteiger charge is 2.37. The van der Waals surface area contributed by atoms with Crippen LogP contribution in [0.15, 0.2) is 18.2 Å². The van der Waals surface area contributed by atoms with Crippen molar-refractivity contribution >= 4 is 23.4 Å². The summed E-state index contributed by atoms with van der Waals surface area (Å²) in [5.74, 6) is -1.38. The zero-order chi connectivity index (χ0) is 15.3. The minimum Gasteiger partial charge on any atom is -0.484 e. The predicted molar refractivity (Wildman–Crippen MR) is 72.3 cm³/mol. The lowest BCUT2D eigenvalue weighted by Gasteiger charge is -2.20. The zero-order valence-electron chi connectivity index (χ0n) is 11.5. The van der Waals surface area contributed by atoms with E-state index in [4.69, 9.17) is 21.1 Å². The number of esters is 1. The van der Waals surface area contributed by atoms with Crippen LogP contribution in [0.25, 0.3) is 0 Å². The molecule has 4 nitrogen and oxygen atoms in total. The maximum Gasteiger partial charge on any atom is 0.319 e. The summed E-state index contributed by atoms with van der Waals surface area (Å²) in [4.78, 5) is 23.6. The summed E-state index contributed by atoms with van der Waals surface area (Å²) in [5, 5.41) is 0.0618. The van der Waals surface area contributed by atoms with Crippen molar-refractivity contribution in [3.05, 3.63) is 29.0 Å². The van der Waals surface area contributed by atoms with Gasteiger partial charge in [-0.05, 0) is 39.0 Å². The Labute approximate surface area is 121 Å². The van der Waals surface area contributed by atoms with E-state index in [0.717, 1.165) is 6.07 Å². The van der Waals surface area contributed by atoms with Crippen LogP contribution in [-0.2, 0) is 14.3 Å². The quantitative estimate of drug-likeness (QED) is 0.599. The van der Waals surface area contributed by atoms with E-state index in [2.05, 4.69) is 0 Å².